The second-order valence-corrected chi connectivity index (χ2v) is 8.11. The maximum atomic E-state index is 12.7. The van der Waals surface area contributed by atoms with E-state index in [2.05, 4.69) is 15.5 Å². The number of aliphatic imine (C=N–C) groups is 1. The molecule has 2 saturated heterocycles. The highest BCUT2D eigenvalue weighted by molar-refractivity contribution is 5.84. The van der Waals surface area contributed by atoms with Crippen LogP contribution in [0.4, 0.5) is 0 Å². The molecular formula is C20H37N5O3. The molecule has 0 atom stereocenters. The van der Waals surface area contributed by atoms with Gasteiger partial charge in [0, 0.05) is 45.2 Å². The van der Waals surface area contributed by atoms with E-state index in [-0.39, 0.29) is 17.7 Å². The van der Waals surface area contributed by atoms with Gasteiger partial charge in [0.25, 0.3) is 0 Å². The molecule has 2 heterocycles. The van der Waals surface area contributed by atoms with Gasteiger partial charge >= 0.3 is 0 Å². The lowest BCUT2D eigenvalue weighted by Gasteiger charge is -2.37. The van der Waals surface area contributed by atoms with Crippen LogP contribution in [-0.2, 0) is 14.3 Å². The Kier molecular flexibility index (Phi) is 8.54. The van der Waals surface area contributed by atoms with Gasteiger partial charge in [-0.15, -0.1) is 0 Å². The zero-order valence-corrected chi connectivity index (χ0v) is 17.9. The molecule has 2 fully saturated rings. The number of rotatable bonds is 6. The number of nitrogens with one attached hydrogen (secondary N) is 2. The van der Waals surface area contributed by atoms with Crippen LogP contribution < -0.4 is 10.6 Å². The number of hydrogen-bond donors (Lipinski definition) is 2. The fourth-order valence-corrected chi connectivity index (χ4v) is 3.55. The van der Waals surface area contributed by atoms with Crippen molar-refractivity contribution >= 4 is 17.8 Å². The monoisotopic (exact) mass is 395 g/mol. The molecule has 8 nitrogen and oxygen atoms in total. The highest BCUT2D eigenvalue weighted by Crippen LogP contribution is 2.21. The summed E-state index contributed by atoms with van der Waals surface area (Å²) in [4.78, 5) is 33.8. The van der Waals surface area contributed by atoms with Gasteiger partial charge in [-0.1, -0.05) is 0 Å². The van der Waals surface area contributed by atoms with Crippen LogP contribution >= 0.6 is 0 Å². The molecule has 2 aliphatic rings. The smallest absolute Gasteiger partial charge is 0.227 e. The molecule has 0 spiro atoms. The third-order valence-electron chi connectivity index (χ3n) is 5.38. The molecule has 0 aromatic heterocycles. The van der Waals surface area contributed by atoms with E-state index in [0.29, 0.717) is 39.4 Å². The second kappa shape index (κ2) is 10.6. The van der Waals surface area contributed by atoms with E-state index in [1.54, 1.807) is 0 Å². The minimum atomic E-state index is -0.554. The summed E-state index contributed by atoms with van der Waals surface area (Å²) in [6, 6.07) is 0. The highest BCUT2D eigenvalue weighted by Gasteiger charge is 2.31. The molecule has 0 saturated carbocycles. The quantitative estimate of drug-likeness (QED) is 0.510. The number of carbonyl (C=O) groups excluding carboxylic acids is 2. The average Bonchev–Trinajstić information content (AvgIpc) is 2.71. The normalized spacial score (nSPS) is 19.5. The Bertz CT molecular complexity index is 550. The lowest BCUT2D eigenvalue weighted by Crippen LogP contribution is -2.50. The molecule has 2 N–H and O–H groups in total. The highest BCUT2D eigenvalue weighted by atomic mass is 16.5. The van der Waals surface area contributed by atoms with Crippen molar-refractivity contribution in [2.45, 2.75) is 40.5 Å². The van der Waals surface area contributed by atoms with Crippen molar-refractivity contribution in [2.75, 3.05) is 59.0 Å². The van der Waals surface area contributed by atoms with Gasteiger partial charge in [-0.05, 0) is 40.5 Å². The number of likely N-dealkylation sites (tertiary alicyclic amines) is 1. The maximum Gasteiger partial charge on any atom is 0.227 e. The van der Waals surface area contributed by atoms with E-state index in [1.165, 1.54) is 0 Å². The number of nitrogens with zero attached hydrogens (tertiary/aromatic N) is 3. The Hall–Kier alpha value is -1.83. The topological polar surface area (TPSA) is 86.3 Å². The third kappa shape index (κ3) is 6.09. The van der Waals surface area contributed by atoms with Gasteiger partial charge in [-0.3, -0.25) is 14.6 Å². The Balaban J connectivity index is 1.92. The van der Waals surface area contributed by atoms with Crippen LogP contribution in [0, 0.1) is 11.3 Å². The lowest BCUT2D eigenvalue weighted by molar-refractivity contribution is -0.140. The largest absolute Gasteiger partial charge is 0.378 e. The first kappa shape index (κ1) is 22.5. The van der Waals surface area contributed by atoms with Crippen LogP contribution in [0.5, 0.6) is 0 Å². The Morgan fingerprint density at radius 3 is 2.18 bits per heavy atom. The predicted octanol–water partition coefficient (Wildman–Crippen LogP) is 0.685. The van der Waals surface area contributed by atoms with Gasteiger partial charge in [0.1, 0.15) is 0 Å². The summed E-state index contributed by atoms with van der Waals surface area (Å²) in [6.07, 6.45) is 1.67. The maximum absolute atomic E-state index is 12.7. The summed E-state index contributed by atoms with van der Waals surface area (Å²) in [5.41, 5.74) is -0.554. The molecule has 160 valence electrons. The summed E-state index contributed by atoms with van der Waals surface area (Å²) in [6.45, 7) is 13.9. The van der Waals surface area contributed by atoms with Gasteiger partial charge in [0.15, 0.2) is 5.96 Å². The Morgan fingerprint density at radius 2 is 1.61 bits per heavy atom. The van der Waals surface area contributed by atoms with Gasteiger partial charge < -0.3 is 25.2 Å². The lowest BCUT2D eigenvalue weighted by atomic mass is 9.92. The molecule has 0 aliphatic carbocycles. The van der Waals surface area contributed by atoms with Crippen LogP contribution in [0.3, 0.4) is 0 Å². The number of piperidine rings is 1. The summed E-state index contributed by atoms with van der Waals surface area (Å²) in [5, 5.41) is 6.21. The van der Waals surface area contributed by atoms with E-state index < -0.39 is 5.41 Å². The van der Waals surface area contributed by atoms with Crippen molar-refractivity contribution in [1.29, 1.82) is 0 Å². The molecule has 0 unspecified atom stereocenters. The first-order valence-corrected chi connectivity index (χ1v) is 10.6. The van der Waals surface area contributed by atoms with Crippen LogP contribution in [0.25, 0.3) is 0 Å². The zero-order chi connectivity index (χ0) is 20.6. The van der Waals surface area contributed by atoms with Crippen LogP contribution in [0.15, 0.2) is 4.99 Å². The molecule has 28 heavy (non-hydrogen) atoms. The molecule has 2 rings (SSSR count). The van der Waals surface area contributed by atoms with Gasteiger partial charge in [0.05, 0.1) is 25.2 Å². The summed E-state index contributed by atoms with van der Waals surface area (Å²) >= 11 is 0. The fourth-order valence-electron chi connectivity index (χ4n) is 3.55. The molecule has 2 amide bonds. The minimum Gasteiger partial charge on any atom is -0.378 e. The van der Waals surface area contributed by atoms with E-state index >= 15 is 0 Å². The standard InChI is InChI=1S/C20H37N5O3/c1-5-21-18(27)20(3,4)15-23-19(22-6-2)25-9-7-16(8-10-25)17(26)24-11-13-28-14-12-24/h16H,5-15H2,1-4H3,(H,21,27)(H,22,23). The SMILES string of the molecule is CCNC(=O)C(C)(C)CN=C(NCC)N1CCC(C(=O)N2CCOCC2)CC1. The minimum absolute atomic E-state index is 0.0180. The molecule has 0 radical (unpaired) electrons. The molecule has 8 heteroatoms. The number of morpholine rings is 1. The van der Waals surface area contributed by atoms with E-state index in [0.717, 1.165) is 38.4 Å². The van der Waals surface area contributed by atoms with Crippen molar-refractivity contribution in [3.8, 4) is 0 Å². The van der Waals surface area contributed by atoms with Crippen molar-refractivity contribution in [1.82, 2.24) is 20.4 Å². The van der Waals surface area contributed by atoms with Crippen molar-refractivity contribution in [3.05, 3.63) is 0 Å². The average molecular weight is 396 g/mol. The number of hydrogen-bond acceptors (Lipinski definition) is 4. The second-order valence-electron chi connectivity index (χ2n) is 8.11. The van der Waals surface area contributed by atoms with Crippen molar-refractivity contribution in [3.63, 3.8) is 0 Å². The third-order valence-corrected chi connectivity index (χ3v) is 5.38. The Labute approximate surface area is 169 Å². The first-order valence-electron chi connectivity index (χ1n) is 10.6. The molecule has 0 bridgehead atoms. The van der Waals surface area contributed by atoms with E-state index in [4.69, 9.17) is 9.73 Å². The summed E-state index contributed by atoms with van der Waals surface area (Å²) in [7, 11) is 0. The van der Waals surface area contributed by atoms with Crippen LogP contribution in [0.2, 0.25) is 0 Å². The number of carbonyl (C=O) groups is 2. The van der Waals surface area contributed by atoms with Crippen molar-refractivity contribution in [2.24, 2.45) is 16.3 Å². The zero-order valence-electron chi connectivity index (χ0n) is 17.9. The Morgan fingerprint density at radius 1 is 1.00 bits per heavy atom. The first-order chi connectivity index (χ1) is 13.4. The predicted molar refractivity (Wildman–Crippen MR) is 110 cm³/mol. The van der Waals surface area contributed by atoms with Crippen LogP contribution in [0.1, 0.15) is 40.5 Å². The van der Waals surface area contributed by atoms with Gasteiger partial charge in [-0.25, -0.2) is 0 Å². The van der Waals surface area contributed by atoms with E-state index in [1.807, 2.05) is 32.6 Å². The molecule has 0 aromatic rings. The molecule has 0 aromatic carbocycles. The van der Waals surface area contributed by atoms with Crippen LogP contribution in [-0.4, -0.2) is 86.6 Å². The molecular weight excluding hydrogens is 358 g/mol. The van der Waals surface area contributed by atoms with Crippen molar-refractivity contribution < 1.29 is 14.3 Å². The number of ether oxygens (including phenoxy) is 1. The number of amides is 2. The number of guanidine groups is 1. The fraction of sp³-hybridized carbons (Fsp3) is 0.850. The summed E-state index contributed by atoms with van der Waals surface area (Å²) < 4.78 is 5.34. The van der Waals surface area contributed by atoms with Gasteiger partial charge in [-0.2, -0.15) is 0 Å². The summed E-state index contributed by atoms with van der Waals surface area (Å²) in [5.74, 6) is 1.20. The van der Waals surface area contributed by atoms with E-state index in [9.17, 15) is 9.59 Å². The molecule has 2 aliphatic heterocycles. The van der Waals surface area contributed by atoms with Gasteiger partial charge in [0.2, 0.25) is 11.8 Å².